The summed E-state index contributed by atoms with van der Waals surface area (Å²) in [5.74, 6) is 0.659. The maximum atomic E-state index is 13.4. The van der Waals surface area contributed by atoms with Crippen LogP contribution in [0.2, 0.25) is 0 Å². The van der Waals surface area contributed by atoms with E-state index in [0.29, 0.717) is 17.2 Å². The minimum absolute atomic E-state index is 0.134. The zero-order valence-electron chi connectivity index (χ0n) is 19.8. The number of sulfonamides is 1. The van der Waals surface area contributed by atoms with Crippen LogP contribution in [0.15, 0.2) is 95.9 Å². The van der Waals surface area contributed by atoms with Crippen LogP contribution in [0.3, 0.4) is 0 Å². The van der Waals surface area contributed by atoms with Gasteiger partial charge in [0.25, 0.3) is 15.9 Å². The molecule has 184 valence electrons. The highest BCUT2D eigenvalue weighted by Crippen LogP contribution is 2.37. The Kier molecular flexibility index (Phi) is 6.52. The van der Waals surface area contributed by atoms with Crippen LogP contribution in [-0.4, -0.2) is 40.1 Å². The van der Waals surface area contributed by atoms with Crippen molar-refractivity contribution in [2.45, 2.75) is 17.9 Å². The maximum Gasteiger partial charge on any atom is 0.264 e. The molecule has 1 atom stereocenters. The maximum absolute atomic E-state index is 13.4. The van der Waals surface area contributed by atoms with Gasteiger partial charge < -0.3 is 14.8 Å². The lowest BCUT2D eigenvalue weighted by Crippen LogP contribution is -2.51. The number of rotatable bonds is 7. The van der Waals surface area contributed by atoms with Crippen LogP contribution in [0, 0.1) is 6.92 Å². The number of carbonyl (C=O) groups is 1. The topological polar surface area (TPSA) is 84.9 Å². The van der Waals surface area contributed by atoms with Crippen molar-refractivity contribution >= 4 is 32.4 Å². The first kappa shape index (κ1) is 23.7. The van der Waals surface area contributed by atoms with Gasteiger partial charge in [-0.2, -0.15) is 0 Å². The second-order valence-electron chi connectivity index (χ2n) is 8.58. The van der Waals surface area contributed by atoms with E-state index in [9.17, 15) is 13.2 Å². The quantitative estimate of drug-likeness (QED) is 0.381. The van der Waals surface area contributed by atoms with Gasteiger partial charge in [-0.15, -0.1) is 0 Å². The van der Waals surface area contributed by atoms with E-state index >= 15 is 0 Å². The average Bonchev–Trinajstić information content (AvgIpc) is 2.90. The highest BCUT2D eigenvalue weighted by molar-refractivity contribution is 7.92. The van der Waals surface area contributed by atoms with Crippen LogP contribution in [0.5, 0.6) is 11.5 Å². The number of anilines is 1. The van der Waals surface area contributed by atoms with Crippen LogP contribution >= 0.6 is 0 Å². The van der Waals surface area contributed by atoms with Crippen molar-refractivity contribution in [1.82, 2.24) is 5.32 Å². The van der Waals surface area contributed by atoms with Crippen molar-refractivity contribution in [2.24, 2.45) is 0 Å². The molecule has 0 radical (unpaired) electrons. The van der Waals surface area contributed by atoms with E-state index in [1.165, 1.54) is 16.4 Å². The molecule has 1 heterocycles. The average molecular weight is 503 g/mol. The van der Waals surface area contributed by atoms with Crippen molar-refractivity contribution < 1.29 is 22.7 Å². The first-order valence-electron chi connectivity index (χ1n) is 11.7. The fourth-order valence-corrected chi connectivity index (χ4v) is 5.66. The molecular formula is C28H26N2O5S. The van der Waals surface area contributed by atoms with Gasteiger partial charge in [-0.1, -0.05) is 54.6 Å². The molecule has 4 aromatic rings. The SMILES string of the molecule is Cc1ccc2c(c1)OC(C(=O)NCCOc1ccc3ccccc3c1)CN2S(=O)(=O)c1ccccc1. The predicted octanol–water partition coefficient (Wildman–Crippen LogP) is 4.30. The van der Waals surface area contributed by atoms with Crippen molar-refractivity contribution in [1.29, 1.82) is 0 Å². The highest BCUT2D eigenvalue weighted by Gasteiger charge is 2.37. The van der Waals surface area contributed by atoms with Crippen LogP contribution in [0.1, 0.15) is 5.56 Å². The van der Waals surface area contributed by atoms with E-state index in [1.54, 1.807) is 30.3 Å². The Morgan fingerprint density at radius 2 is 1.72 bits per heavy atom. The summed E-state index contributed by atoms with van der Waals surface area (Å²) in [6.07, 6.45) is -1.00. The number of ether oxygens (including phenoxy) is 2. The van der Waals surface area contributed by atoms with E-state index in [1.807, 2.05) is 55.5 Å². The molecule has 7 nitrogen and oxygen atoms in total. The molecule has 0 spiro atoms. The normalized spacial score (nSPS) is 15.1. The third-order valence-electron chi connectivity index (χ3n) is 6.00. The van der Waals surface area contributed by atoms with Crippen LogP contribution in [0.25, 0.3) is 10.8 Å². The standard InChI is InChI=1S/C28H26N2O5S/c1-20-11-14-25-26(17-20)35-27(19-30(25)36(32,33)24-9-3-2-4-10-24)28(31)29-15-16-34-23-13-12-21-7-5-6-8-22(21)18-23/h2-14,17-18,27H,15-16,19H2,1H3,(H,29,31). The van der Waals surface area contributed by atoms with Gasteiger partial charge in [0.05, 0.1) is 23.7 Å². The van der Waals surface area contributed by atoms with Gasteiger partial charge in [0, 0.05) is 0 Å². The lowest BCUT2D eigenvalue weighted by atomic mass is 10.1. The second-order valence-corrected chi connectivity index (χ2v) is 10.4. The molecule has 1 aliphatic heterocycles. The van der Waals surface area contributed by atoms with E-state index in [-0.39, 0.29) is 24.6 Å². The number of benzene rings is 4. The van der Waals surface area contributed by atoms with Gasteiger partial charge in [0.2, 0.25) is 0 Å². The van der Waals surface area contributed by atoms with Crippen molar-refractivity contribution in [3.8, 4) is 11.5 Å². The number of nitrogens with one attached hydrogen (secondary N) is 1. The Bertz CT molecular complexity index is 1510. The predicted molar refractivity (Wildman–Crippen MR) is 139 cm³/mol. The van der Waals surface area contributed by atoms with Gasteiger partial charge in [0.1, 0.15) is 18.1 Å². The molecule has 0 saturated carbocycles. The monoisotopic (exact) mass is 502 g/mol. The number of carbonyl (C=O) groups excluding carboxylic acids is 1. The highest BCUT2D eigenvalue weighted by atomic mass is 32.2. The lowest BCUT2D eigenvalue weighted by Gasteiger charge is -2.35. The van der Waals surface area contributed by atoms with Gasteiger partial charge in [-0.05, 0) is 59.7 Å². The Labute approximate surface area is 210 Å². The summed E-state index contributed by atoms with van der Waals surface area (Å²) in [5, 5.41) is 5.00. The molecule has 1 amide bonds. The molecule has 0 bridgehead atoms. The van der Waals surface area contributed by atoms with Crippen molar-refractivity contribution in [3.05, 3.63) is 96.6 Å². The van der Waals surface area contributed by atoms with Gasteiger partial charge in [0.15, 0.2) is 6.10 Å². The van der Waals surface area contributed by atoms with Crippen molar-refractivity contribution in [2.75, 3.05) is 24.0 Å². The third-order valence-corrected chi connectivity index (χ3v) is 7.79. The zero-order valence-corrected chi connectivity index (χ0v) is 20.6. The molecule has 8 heteroatoms. The molecule has 1 aliphatic rings. The summed E-state index contributed by atoms with van der Waals surface area (Å²) in [5.41, 5.74) is 1.31. The number of amides is 1. The Morgan fingerprint density at radius 1 is 0.972 bits per heavy atom. The number of fused-ring (bicyclic) bond motifs is 2. The molecule has 5 rings (SSSR count). The molecule has 1 unspecified atom stereocenters. The Morgan fingerprint density at radius 3 is 2.53 bits per heavy atom. The lowest BCUT2D eigenvalue weighted by molar-refractivity contribution is -0.127. The summed E-state index contributed by atoms with van der Waals surface area (Å²) >= 11 is 0. The number of hydrogen-bond acceptors (Lipinski definition) is 5. The number of hydrogen-bond donors (Lipinski definition) is 1. The van der Waals surface area contributed by atoms with Crippen LogP contribution < -0.4 is 19.1 Å². The molecule has 0 saturated heterocycles. The number of aryl methyl sites for hydroxylation is 1. The molecule has 0 aliphatic carbocycles. The largest absolute Gasteiger partial charge is 0.492 e. The first-order chi connectivity index (χ1) is 17.4. The third kappa shape index (κ3) is 4.85. The first-order valence-corrected chi connectivity index (χ1v) is 13.1. The van der Waals surface area contributed by atoms with E-state index in [0.717, 1.165) is 16.3 Å². The summed E-state index contributed by atoms with van der Waals surface area (Å²) in [6.45, 7) is 2.26. The van der Waals surface area contributed by atoms with E-state index in [2.05, 4.69) is 5.32 Å². The van der Waals surface area contributed by atoms with E-state index in [4.69, 9.17) is 9.47 Å². The molecule has 0 aromatic heterocycles. The van der Waals surface area contributed by atoms with E-state index < -0.39 is 22.0 Å². The fourth-order valence-electron chi connectivity index (χ4n) is 4.16. The molecular weight excluding hydrogens is 476 g/mol. The summed E-state index contributed by atoms with van der Waals surface area (Å²) in [4.78, 5) is 13.1. The molecule has 0 fully saturated rings. The molecule has 36 heavy (non-hydrogen) atoms. The molecule has 4 aromatic carbocycles. The minimum atomic E-state index is -3.89. The smallest absolute Gasteiger partial charge is 0.264 e. The Balaban J connectivity index is 1.27. The summed E-state index contributed by atoms with van der Waals surface area (Å²) in [7, 11) is -3.89. The fraction of sp³-hybridized carbons (Fsp3) is 0.179. The summed E-state index contributed by atoms with van der Waals surface area (Å²) < 4.78 is 39.8. The van der Waals surface area contributed by atoms with Gasteiger partial charge >= 0.3 is 0 Å². The van der Waals surface area contributed by atoms with Crippen LogP contribution in [-0.2, 0) is 14.8 Å². The second kappa shape index (κ2) is 9.91. The number of nitrogens with zero attached hydrogens (tertiary/aromatic N) is 1. The van der Waals surface area contributed by atoms with Gasteiger partial charge in [-0.3, -0.25) is 9.10 Å². The Hall–Kier alpha value is -4.04. The minimum Gasteiger partial charge on any atom is -0.492 e. The zero-order chi connectivity index (χ0) is 25.1. The van der Waals surface area contributed by atoms with Crippen molar-refractivity contribution in [3.63, 3.8) is 0 Å². The van der Waals surface area contributed by atoms with Gasteiger partial charge in [-0.25, -0.2) is 8.42 Å². The molecule has 1 N–H and O–H groups in total. The summed E-state index contributed by atoms with van der Waals surface area (Å²) in [6, 6.07) is 27.3. The van der Waals surface area contributed by atoms with Crippen LogP contribution in [0.4, 0.5) is 5.69 Å².